The Morgan fingerprint density at radius 1 is 1.21 bits per heavy atom. The fraction of sp³-hybridized carbons (Fsp3) is 0.647. The molecule has 1 aliphatic carbocycles. The van der Waals surface area contributed by atoms with Crippen LogP contribution in [0.15, 0.2) is 24.3 Å². The molecular formula is C17H28N2. The van der Waals surface area contributed by atoms with E-state index in [1.807, 2.05) is 0 Å². The summed E-state index contributed by atoms with van der Waals surface area (Å²) in [5.74, 6) is 0. The van der Waals surface area contributed by atoms with Gasteiger partial charge in [-0.2, -0.15) is 0 Å². The lowest BCUT2D eigenvalue weighted by molar-refractivity contribution is 0.172. The molecule has 0 aliphatic heterocycles. The van der Waals surface area contributed by atoms with Crippen molar-refractivity contribution in [2.75, 3.05) is 13.6 Å². The van der Waals surface area contributed by atoms with Crippen LogP contribution in [0.5, 0.6) is 0 Å². The molecule has 0 aromatic heterocycles. The first-order valence-electron chi connectivity index (χ1n) is 7.73. The second-order valence-corrected chi connectivity index (χ2v) is 5.66. The normalized spacial score (nSPS) is 18.6. The SMILES string of the molecule is CCc1ccc(C(NC)C(C)N(CC)C2CC2)cc1. The van der Waals surface area contributed by atoms with Gasteiger partial charge in [-0.05, 0) is 50.9 Å². The van der Waals surface area contributed by atoms with Crippen molar-refractivity contribution < 1.29 is 0 Å². The van der Waals surface area contributed by atoms with E-state index in [1.165, 1.54) is 24.0 Å². The van der Waals surface area contributed by atoms with Gasteiger partial charge in [-0.3, -0.25) is 4.90 Å². The monoisotopic (exact) mass is 260 g/mol. The molecule has 19 heavy (non-hydrogen) atoms. The van der Waals surface area contributed by atoms with E-state index in [1.54, 1.807) is 0 Å². The first-order chi connectivity index (χ1) is 9.21. The van der Waals surface area contributed by atoms with Gasteiger partial charge in [-0.1, -0.05) is 38.1 Å². The lowest BCUT2D eigenvalue weighted by atomic mass is 9.97. The molecule has 2 rings (SSSR count). The number of nitrogens with zero attached hydrogens (tertiary/aromatic N) is 1. The van der Waals surface area contributed by atoms with Crippen molar-refractivity contribution >= 4 is 0 Å². The molecule has 2 heteroatoms. The summed E-state index contributed by atoms with van der Waals surface area (Å²) >= 11 is 0. The molecule has 2 nitrogen and oxygen atoms in total. The minimum absolute atomic E-state index is 0.423. The van der Waals surface area contributed by atoms with Gasteiger partial charge in [0, 0.05) is 18.1 Å². The fourth-order valence-corrected chi connectivity index (χ4v) is 3.12. The first kappa shape index (κ1) is 14.5. The largest absolute Gasteiger partial charge is 0.312 e. The number of aryl methyl sites for hydroxylation is 1. The van der Waals surface area contributed by atoms with Crippen LogP contribution < -0.4 is 5.32 Å². The van der Waals surface area contributed by atoms with E-state index in [0.29, 0.717) is 12.1 Å². The molecule has 0 heterocycles. The van der Waals surface area contributed by atoms with Crippen molar-refractivity contribution in [1.82, 2.24) is 10.2 Å². The molecule has 0 spiro atoms. The Balaban J connectivity index is 2.12. The highest BCUT2D eigenvalue weighted by Crippen LogP contribution is 2.32. The van der Waals surface area contributed by atoms with Crippen molar-refractivity contribution in [3.8, 4) is 0 Å². The number of likely N-dealkylation sites (N-methyl/N-ethyl adjacent to an activating group) is 2. The Labute approximate surface area is 118 Å². The Morgan fingerprint density at radius 3 is 2.26 bits per heavy atom. The highest BCUT2D eigenvalue weighted by molar-refractivity contribution is 5.26. The van der Waals surface area contributed by atoms with Crippen molar-refractivity contribution in [2.45, 2.75) is 58.2 Å². The third kappa shape index (κ3) is 3.37. The van der Waals surface area contributed by atoms with Crippen LogP contribution in [0.4, 0.5) is 0 Å². The molecule has 0 radical (unpaired) electrons. The van der Waals surface area contributed by atoms with Crippen LogP contribution in [-0.2, 0) is 6.42 Å². The van der Waals surface area contributed by atoms with E-state index in [0.717, 1.165) is 19.0 Å². The lowest BCUT2D eigenvalue weighted by Crippen LogP contribution is -2.43. The smallest absolute Gasteiger partial charge is 0.0473 e. The maximum Gasteiger partial charge on any atom is 0.0473 e. The Hall–Kier alpha value is -0.860. The minimum atomic E-state index is 0.423. The number of hydrogen-bond donors (Lipinski definition) is 1. The molecule has 2 atom stereocenters. The van der Waals surface area contributed by atoms with Crippen LogP contribution in [0, 0.1) is 0 Å². The zero-order valence-corrected chi connectivity index (χ0v) is 12.8. The summed E-state index contributed by atoms with van der Waals surface area (Å²) in [6.45, 7) is 7.99. The maximum atomic E-state index is 3.51. The van der Waals surface area contributed by atoms with E-state index in [-0.39, 0.29) is 0 Å². The quantitative estimate of drug-likeness (QED) is 0.808. The highest BCUT2D eigenvalue weighted by Gasteiger charge is 2.34. The highest BCUT2D eigenvalue weighted by atomic mass is 15.2. The molecule has 106 valence electrons. The van der Waals surface area contributed by atoms with Crippen molar-refractivity contribution in [2.24, 2.45) is 0 Å². The molecule has 1 fully saturated rings. The molecule has 2 unspecified atom stereocenters. The summed E-state index contributed by atoms with van der Waals surface area (Å²) in [7, 11) is 2.08. The zero-order chi connectivity index (χ0) is 13.8. The van der Waals surface area contributed by atoms with Gasteiger partial charge in [0.25, 0.3) is 0 Å². The number of benzene rings is 1. The summed E-state index contributed by atoms with van der Waals surface area (Å²) in [6, 6.07) is 10.9. The Bertz CT molecular complexity index is 381. The third-order valence-corrected chi connectivity index (χ3v) is 4.44. The average molecular weight is 260 g/mol. The van der Waals surface area contributed by atoms with E-state index in [2.05, 4.69) is 62.3 Å². The van der Waals surface area contributed by atoms with E-state index < -0.39 is 0 Å². The zero-order valence-electron chi connectivity index (χ0n) is 12.8. The van der Waals surface area contributed by atoms with Gasteiger partial charge in [-0.25, -0.2) is 0 Å². The topological polar surface area (TPSA) is 15.3 Å². The van der Waals surface area contributed by atoms with Gasteiger partial charge in [0.05, 0.1) is 0 Å². The van der Waals surface area contributed by atoms with E-state index in [4.69, 9.17) is 0 Å². The summed E-state index contributed by atoms with van der Waals surface area (Å²) in [6.07, 6.45) is 3.87. The van der Waals surface area contributed by atoms with Crippen LogP contribution in [0.25, 0.3) is 0 Å². The van der Waals surface area contributed by atoms with Gasteiger partial charge in [0.15, 0.2) is 0 Å². The van der Waals surface area contributed by atoms with Gasteiger partial charge in [-0.15, -0.1) is 0 Å². The first-order valence-corrected chi connectivity index (χ1v) is 7.73. The Morgan fingerprint density at radius 2 is 1.84 bits per heavy atom. The number of rotatable bonds is 7. The summed E-state index contributed by atoms with van der Waals surface area (Å²) < 4.78 is 0. The van der Waals surface area contributed by atoms with E-state index >= 15 is 0 Å². The molecule has 0 saturated heterocycles. The minimum Gasteiger partial charge on any atom is -0.312 e. The van der Waals surface area contributed by atoms with Crippen LogP contribution in [-0.4, -0.2) is 30.6 Å². The summed E-state index contributed by atoms with van der Waals surface area (Å²) in [5, 5.41) is 3.51. The predicted octanol–water partition coefficient (Wildman–Crippen LogP) is 3.38. The second-order valence-electron chi connectivity index (χ2n) is 5.66. The summed E-state index contributed by atoms with van der Waals surface area (Å²) in [5.41, 5.74) is 2.83. The molecule has 1 aromatic carbocycles. The number of nitrogens with one attached hydrogen (secondary N) is 1. The van der Waals surface area contributed by atoms with Gasteiger partial charge in [0.1, 0.15) is 0 Å². The summed E-state index contributed by atoms with van der Waals surface area (Å²) in [4.78, 5) is 2.65. The second kappa shape index (κ2) is 6.53. The van der Waals surface area contributed by atoms with Crippen LogP contribution in [0.3, 0.4) is 0 Å². The predicted molar refractivity (Wildman–Crippen MR) is 82.5 cm³/mol. The van der Waals surface area contributed by atoms with Gasteiger partial charge in [0.2, 0.25) is 0 Å². The fourth-order valence-electron chi connectivity index (χ4n) is 3.12. The van der Waals surface area contributed by atoms with Crippen molar-refractivity contribution in [3.05, 3.63) is 35.4 Å². The van der Waals surface area contributed by atoms with Crippen molar-refractivity contribution in [1.29, 1.82) is 0 Å². The lowest BCUT2D eigenvalue weighted by Gasteiger charge is -2.34. The molecule has 1 N–H and O–H groups in total. The van der Waals surface area contributed by atoms with E-state index in [9.17, 15) is 0 Å². The molecule has 0 bridgehead atoms. The van der Waals surface area contributed by atoms with Crippen LogP contribution in [0.1, 0.15) is 50.8 Å². The molecule has 0 amide bonds. The molecular weight excluding hydrogens is 232 g/mol. The van der Waals surface area contributed by atoms with Gasteiger partial charge < -0.3 is 5.32 Å². The van der Waals surface area contributed by atoms with Crippen molar-refractivity contribution in [3.63, 3.8) is 0 Å². The molecule has 1 saturated carbocycles. The molecule has 1 aromatic rings. The third-order valence-electron chi connectivity index (χ3n) is 4.44. The maximum absolute atomic E-state index is 3.51. The van der Waals surface area contributed by atoms with Gasteiger partial charge >= 0.3 is 0 Å². The van der Waals surface area contributed by atoms with Crippen LogP contribution in [0.2, 0.25) is 0 Å². The average Bonchev–Trinajstić information content (AvgIpc) is 3.26. The number of hydrogen-bond acceptors (Lipinski definition) is 2. The standard InChI is InChI=1S/C17H28N2/c1-5-14-7-9-15(10-8-14)17(18-4)13(3)19(6-2)16-11-12-16/h7-10,13,16-18H,5-6,11-12H2,1-4H3. The molecule has 1 aliphatic rings. The Kier molecular flexibility index (Phi) is 5.00. The van der Waals surface area contributed by atoms with Crippen LogP contribution >= 0.6 is 0 Å².